The number of ether oxygens (including phenoxy) is 2. The third-order valence-corrected chi connectivity index (χ3v) is 5.32. The molecule has 1 aromatic rings. The Morgan fingerprint density at radius 1 is 1.22 bits per heavy atom. The predicted octanol–water partition coefficient (Wildman–Crippen LogP) is 2.02. The number of morpholine rings is 1. The summed E-state index contributed by atoms with van der Waals surface area (Å²) in [5.41, 5.74) is 6.77. The molecule has 0 radical (unpaired) electrons. The fourth-order valence-electron chi connectivity index (χ4n) is 3.51. The van der Waals surface area contributed by atoms with Gasteiger partial charge in [-0.25, -0.2) is 4.39 Å². The fraction of sp³-hybridized carbons (Fsp3) is 0.650. The van der Waals surface area contributed by atoms with E-state index in [0.717, 1.165) is 31.6 Å². The summed E-state index contributed by atoms with van der Waals surface area (Å²) in [6.45, 7) is 7.90. The first-order valence-corrected chi connectivity index (χ1v) is 9.79. The summed E-state index contributed by atoms with van der Waals surface area (Å²) >= 11 is 0. The lowest BCUT2D eigenvalue weighted by molar-refractivity contribution is -0.135. The summed E-state index contributed by atoms with van der Waals surface area (Å²) in [4.78, 5) is 16.3. The van der Waals surface area contributed by atoms with E-state index < -0.39 is 6.04 Å². The van der Waals surface area contributed by atoms with Crippen molar-refractivity contribution >= 4 is 11.6 Å². The minimum Gasteiger partial charge on any atom is -0.488 e. The van der Waals surface area contributed by atoms with Gasteiger partial charge >= 0.3 is 0 Å². The Bertz CT molecular complexity index is 641. The Kier molecular flexibility index (Phi) is 6.55. The highest BCUT2D eigenvalue weighted by Gasteiger charge is 2.29. The van der Waals surface area contributed by atoms with E-state index in [1.165, 1.54) is 12.1 Å². The van der Waals surface area contributed by atoms with E-state index in [9.17, 15) is 9.18 Å². The quantitative estimate of drug-likeness (QED) is 0.848. The maximum atomic E-state index is 13.8. The average Bonchev–Trinajstić information content (AvgIpc) is 2.69. The van der Waals surface area contributed by atoms with Crippen LogP contribution in [-0.2, 0) is 9.53 Å². The molecule has 0 spiro atoms. The first-order valence-electron chi connectivity index (χ1n) is 9.79. The van der Waals surface area contributed by atoms with Crippen molar-refractivity contribution in [2.45, 2.75) is 38.8 Å². The molecule has 2 heterocycles. The van der Waals surface area contributed by atoms with Gasteiger partial charge in [-0.2, -0.15) is 0 Å². The van der Waals surface area contributed by atoms with Crippen LogP contribution in [0.25, 0.3) is 0 Å². The number of amides is 1. The van der Waals surface area contributed by atoms with Crippen molar-refractivity contribution in [3.8, 4) is 5.75 Å². The number of piperidine rings is 1. The van der Waals surface area contributed by atoms with Gasteiger partial charge in [0.15, 0.2) is 0 Å². The van der Waals surface area contributed by atoms with Gasteiger partial charge in [0.1, 0.15) is 17.7 Å². The average molecular weight is 379 g/mol. The van der Waals surface area contributed by atoms with Crippen molar-refractivity contribution in [3.63, 3.8) is 0 Å². The normalized spacial score (nSPS) is 20.0. The van der Waals surface area contributed by atoms with Crippen molar-refractivity contribution < 1.29 is 18.7 Å². The Hall–Kier alpha value is -1.86. The second-order valence-corrected chi connectivity index (χ2v) is 7.62. The van der Waals surface area contributed by atoms with E-state index in [0.29, 0.717) is 32.1 Å². The van der Waals surface area contributed by atoms with Gasteiger partial charge in [0.2, 0.25) is 5.91 Å². The van der Waals surface area contributed by atoms with E-state index in [1.807, 2.05) is 18.7 Å². The Labute approximate surface area is 160 Å². The molecule has 1 aromatic carbocycles. The second kappa shape index (κ2) is 8.89. The summed E-state index contributed by atoms with van der Waals surface area (Å²) in [6, 6.07) is 4.21. The number of likely N-dealkylation sites (tertiary alicyclic amines) is 1. The molecule has 1 atom stereocenters. The largest absolute Gasteiger partial charge is 0.488 e. The molecule has 27 heavy (non-hydrogen) atoms. The maximum Gasteiger partial charge on any atom is 0.239 e. The standard InChI is InChI=1S/C20H30FN3O3/c1-14(2)19(22)20(25)24-7-5-16(6-8-24)27-18-4-3-15(21)13-17(18)23-9-11-26-12-10-23/h3-4,13-14,16,19H,5-12,22H2,1-2H3/t19-/m0/s1. The molecule has 0 aliphatic carbocycles. The number of benzene rings is 1. The van der Waals surface area contributed by atoms with Crippen LogP contribution < -0.4 is 15.4 Å². The van der Waals surface area contributed by atoms with Crippen molar-refractivity contribution in [2.75, 3.05) is 44.3 Å². The molecule has 3 rings (SSSR count). The number of hydrogen-bond donors (Lipinski definition) is 1. The summed E-state index contributed by atoms with van der Waals surface area (Å²) in [6.07, 6.45) is 1.50. The van der Waals surface area contributed by atoms with E-state index in [-0.39, 0.29) is 23.7 Å². The van der Waals surface area contributed by atoms with Crippen LogP contribution >= 0.6 is 0 Å². The molecule has 0 aromatic heterocycles. The summed E-state index contributed by atoms with van der Waals surface area (Å²) in [5, 5.41) is 0. The fourth-order valence-corrected chi connectivity index (χ4v) is 3.51. The van der Waals surface area contributed by atoms with Crippen LogP contribution in [-0.4, -0.2) is 62.3 Å². The minimum atomic E-state index is -0.451. The molecule has 2 saturated heterocycles. The Morgan fingerprint density at radius 2 is 1.89 bits per heavy atom. The number of hydrogen-bond acceptors (Lipinski definition) is 5. The lowest BCUT2D eigenvalue weighted by Crippen LogP contribution is -2.50. The first-order chi connectivity index (χ1) is 13.0. The molecule has 6 nitrogen and oxygen atoms in total. The van der Waals surface area contributed by atoms with Crippen LogP contribution in [0.2, 0.25) is 0 Å². The van der Waals surface area contributed by atoms with Crippen molar-refractivity contribution in [1.82, 2.24) is 4.90 Å². The predicted molar refractivity (Wildman–Crippen MR) is 102 cm³/mol. The number of nitrogens with two attached hydrogens (primary N) is 1. The topological polar surface area (TPSA) is 68.0 Å². The molecular weight excluding hydrogens is 349 g/mol. The highest BCUT2D eigenvalue weighted by atomic mass is 19.1. The molecule has 2 N–H and O–H groups in total. The molecule has 0 bridgehead atoms. The second-order valence-electron chi connectivity index (χ2n) is 7.62. The molecule has 0 unspecified atom stereocenters. The number of rotatable bonds is 5. The smallest absolute Gasteiger partial charge is 0.239 e. The van der Waals surface area contributed by atoms with Crippen molar-refractivity contribution in [1.29, 1.82) is 0 Å². The number of nitrogens with zero attached hydrogens (tertiary/aromatic N) is 2. The zero-order chi connectivity index (χ0) is 19.4. The molecule has 0 saturated carbocycles. The lowest BCUT2D eigenvalue weighted by Gasteiger charge is -2.35. The summed E-state index contributed by atoms with van der Waals surface area (Å²) in [7, 11) is 0. The number of anilines is 1. The summed E-state index contributed by atoms with van der Waals surface area (Å²) < 4.78 is 25.4. The monoisotopic (exact) mass is 379 g/mol. The minimum absolute atomic E-state index is 0.00887. The van der Waals surface area contributed by atoms with Crippen molar-refractivity contribution in [2.24, 2.45) is 11.7 Å². The number of carbonyl (C=O) groups is 1. The van der Waals surface area contributed by atoms with Crippen molar-refractivity contribution in [3.05, 3.63) is 24.0 Å². The molecule has 7 heteroatoms. The van der Waals surface area contributed by atoms with Gasteiger partial charge in [-0.05, 0) is 18.1 Å². The SMILES string of the molecule is CC(C)[C@H](N)C(=O)N1CCC(Oc2ccc(F)cc2N2CCOCC2)CC1. The van der Waals surface area contributed by atoms with Crippen LogP contribution in [0.4, 0.5) is 10.1 Å². The third-order valence-electron chi connectivity index (χ3n) is 5.32. The third kappa shape index (κ3) is 4.90. The van der Waals surface area contributed by atoms with E-state index in [1.54, 1.807) is 6.07 Å². The van der Waals surface area contributed by atoms with E-state index >= 15 is 0 Å². The molecule has 2 fully saturated rings. The molecular formula is C20H30FN3O3. The number of halogens is 1. The Morgan fingerprint density at radius 3 is 2.52 bits per heavy atom. The first kappa shape index (κ1) is 19.9. The summed E-state index contributed by atoms with van der Waals surface area (Å²) in [5.74, 6) is 0.565. The van der Waals surface area contributed by atoms with Gasteiger partial charge in [0.05, 0.1) is 24.9 Å². The van der Waals surface area contributed by atoms with E-state index in [4.69, 9.17) is 15.2 Å². The van der Waals surface area contributed by atoms with Crippen LogP contribution in [0.1, 0.15) is 26.7 Å². The van der Waals surface area contributed by atoms with Gasteiger partial charge in [-0.1, -0.05) is 13.8 Å². The molecule has 2 aliphatic heterocycles. The van der Waals surface area contributed by atoms with Gasteiger partial charge in [-0.15, -0.1) is 0 Å². The van der Waals surface area contributed by atoms with Crippen LogP contribution in [0.3, 0.4) is 0 Å². The van der Waals surface area contributed by atoms with Crippen LogP contribution in [0, 0.1) is 11.7 Å². The number of carbonyl (C=O) groups excluding carboxylic acids is 1. The Balaban J connectivity index is 1.61. The van der Waals surface area contributed by atoms with Crippen LogP contribution in [0.15, 0.2) is 18.2 Å². The van der Waals surface area contributed by atoms with Gasteiger partial charge in [0, 0.05) is 45.1 Å². The van der Waals surface area contributed by atoms with Gasteiger partial charge in [0.25, 0.3) is 0 Å². The van der Waals surface area contributed by atoms with Gasteiger partial charge < -0.3 is 25.0 Å². The highest BCUT2D eigenvalue weighted by molar-refractivity contribution is 5.82. The van der Waals surface area contributed by atoms with Gasteiger partial charge in [-0.3, -0.25) is 4.79 Å². The zero-order valence-electron chi connectivity index (χ0n) is 16.2. The molecule has 2 aliphatic rings. The highest BCUT2D eigenvalue weighted by Crippen LogP contribution is 2.32. The lowest BCUT2D eigenvalue weighted by atomic mass is 10.0. The van der Waals surface area contributed by atoms with E-state index in [2.05, 4.69) is 4.90 Å². The van der Waals surface area contributed by atoms with Crippen LogP contribution in [0.5, 0.6) is 5.75 Å². The molecule has 150 valence electrons. The molecule has 1 amide bonds. The maximum absolute atomic E-state index is 13.8. The zero-order valence-corrected chi connectivity index (χ0v) is 16.2.